The molecule has 11 heteroatoms. The number of nitrogens with two attached hydrogens (primary N) is 1. The van der Waals surface area contributed by atoms with Gasteiger partial charge in [0, 0.05) is 37.9 Å². The molecule has 1 fully saturated rings. The van der Waals surface area contributed by atoms with Gasteiger partial charge in [0.2, 0.25) is 5.91 Å². The zero-order chi connectivity index (χ0) is 23.2. The summed E-state index contributed by atoms with van der Waals surface area (Å²) in [5, 5.41) is 9.34. The highest BCUT2D eigenvalue weighted by molar-refractivity contribution is 6.07. The normalized spacial score (nSPS) is 14.1. The highest BCUT2D eigenvalue weighted by Crippen LogP contribution is 2.22. The Morgan fingerprint density at radius 2 is 1.97 bits per heavy atom. The molecule has 0 bridgehead atoms. The number of hydrogen-bond acceptors (Lipinski definition) is 7. The van der Waals surface area contributed by atoms with Crippen molar-refractivity contribution in [2.75, 3.05) is 49.2 Å². The first-order valence-corrected chi connectivity index (χ1v) is 10.5. The Kier molecular flexibility index (Phi) is 6.91. The number of pyridine rings is 1. The molecule has 1 saturated heterocycles. The average molecular weight is 453 g/mol. The van der Waals surface area contributed by atoms with Crippen LogP contribution in [0.4, 0.5) is 21.6 Å². The third-order valence-corrected chi connectivity index (χ3v) is 5.17. The van der Waals surface area contributed by atoms with Gasteiger partial charge in [-0.25, -0.2) is 9.37 Å². The van der Waals surface area contributed by atoms with E-state index in [4.69, 9.17) is 10.5 Å². The second-order valence-electron chi connectivity index (χ2n) is 7.44. The number of nitrogens with one attached hydrogen (secondary N) is 2. The van der Waals surface area contributed by atoms with Gasteiger partial charge in [0.15, 0.2) is 5.82 Å². The van der Waals surface area contributed by atoms with Crippen LogP contribution >= 0.6 is 0 Å². The van der Waals surface area contributed by atoms with Crippen molar-refractivity contribution in [2.24, 2.45) is 0 Å². The molecule has 4 rings (SSSR count). The Bertz CT molecular complexity index is 1130. The number of nitrogen functional groups attached to an aromatic ring is 1. The number of anilines is 3. The molecule has 172 valence electrons. The lowest BCUT2D eigenvalue weighted by atomic mass is 10.2. The highest BCUT2D eigenvalue weighted by atomic mass is 19.1. The Morgan fingerprint density at radius 1 is 1.15 bits per heavy atom. The van der Waals surface area contributed by atoms with E-state index in [0.717, 1.165) is 13.1 Å². The first-order valence-electron chi connectivity index (χ1n) is 10.5. The summed E-state index contributed by atoms with van der Waals surface area (Å²) < 4.78 is 20.9. The smallest absolute Gasteiger partial charge is 0.261 e. The molecule has 33 heavy (non-hydrogen) atoms. The largest absolute Gasteiger partial charge is 0.383 e. The Morgan fingerprint density at radius 3 is 2.73 bits per heavy atom. The van der Waals surface area contributed by atoms with E-state index < -0.39 is 11.7 Å². The van der Waals surface area contributed by atoms with Crippen LogP contribution in [0, 0.1) is 5.82 Å². The van der Waals surface area contributed by atoms with Gasteiger partial charge >= 0.3 is 0 Å². The van der Waals surface area contributed by atoms with Gasteiger partial charge in [-0.2, -0.15) is 9.78 Å². The molecule has 10 nitrogen and oxygen atoms in total. The van der Waals surface area contributed by atoms with Gasteiger partial charge in [-0.1, -0.05) is 6.07 Å². The van der Waals surface area contributed by atoms with Crippen LogP contribution in [0.1, 0.15) is 16.8 Å². The molecule has 0 atom stereocenters. The van der Waals surface area contributed by atoms with Crippen molar-refractivity contribution in [3.63, 3.8) is 0 Å². The number of halogens is 1. The van der Waals surface area contributed by atoms with Crippen molar-refractivity contribution in [1.82, 2.24) is 19.7 Å². The van der Waals surface area contributed by atoms with E-state index in [1.54, 1.807) is 24.4 Å². The molecule has 0 aliphatic carbocycles. The van der Waals surface area contributed by atoms with E-state index in [2.05, 4.69) is 25.6 Å². The SMILES string of the molecule is Nc1c(C(=O)Nc2ccc(F)c(NC(=O)CCN3CCOCC3)c2)cnn1-c1ccccn1. The van der Waals surface area contributed by atoms with E-state index in [1.807, 2.05) is 0 Å². The summed E-state index contributed by atoms with van der Waals surface area (Å²) in [6.45, 7) is 3.38. The van der Waals surface area contributed by atoms with Crippen LogP contribution in [-0.2, 0) is 9.53 Å². The molecule has 0 saturated carbocycles. The van der Waals surface area contributed by atoms with Crippen molar-refractivity contribution in [1.29, 1.82) is 0 Å². The van der Waals surface area contributed by atoms with Crippen LogP contribution < -0.4 is 16.4 Å². The van der Waals surface area contributed by atoms with Gasteiger partial charge in [-0.3, -0.25) is 14.5 Å². The number of carbonyl (C=O) groups is 2. The number of carbonyl (C=O) groups excluding carboxylic acids is 2. The summed E-state index contributed by atoms with van der Waals surface area (Å²) in [7, 11) is 0. The van der Waals surface area contributed by atoms with Crippen LogP contribution in [0.5, 0.6) is 0 Å². The van der Waals surface area contributed by atoms with Crippen LogP contribution in [0.3, 0.4) is 0 Å². The van der Waals surface area contributed by atoms with E-state index in [0.29, 0.717) is 31.3 Å². The summed E-state index contributed by atoms with van der Waals surface area (Å²) >= 11 is 0. The maximum Gasteiger partial charge on any atom is 0.261 e. The zero-order valence-corrected chi connectivity index (χ0v) is 17.8. The van der Waals surface area contributed by atoms with Gasteiger partial charge < -0.3 is 21.1 Å². The number of hydrogen-bond donors (Lipinski definition) is 3. The number of morpholine rings is 1. The Labute approximate surface area is 189 Å². The minimum atomic E-state index is -0.602. The fourth-order valence-electron chi connectivity index (χ4n) is 3.39. The maximum atomic E-state index is 14.2. The second-order valence-corrected chi connectivity index (χ2v) is 7.44. The molecule has 3 aromatic rings. The third-order valence-electron chi connectivity index (χ3n) is 5.17. The molecule has 0 radical (unpaired) electrons. The minimum Gasteiger partial charge on any atom is -0.383 e. The lowest BCUT2D eigenvalue weighted by molar-refractivity contribution is -0.116. The average Bonchev–Trinajstić information content (AvgIpc) is 3.22. The van der Waals surface area contributed by atoms with Crippen LogP contribution in [0.25, 0.3) is 5.82 Å². The first kappa shape index (κ1) is 22.4. The fourth-order valence-corrected chi connectivity index (χ4v) is 3.39. The highest BCUT2D eigenvalue weighted by Gasteiger charge is 2.18. The van der Waals surface area contributed by atoms with Gasteiger partial charge in [0.05, 0.1) is 25.1 Å². The number of nitrogens with zero attached hydrogens (tertiary/aromatic N) is 4. The molecule has 1 aliphatic rings. The lowest BCUT2D eigenvalue weighted by Gasteiger charge is -2.26. The van der Waals surface area contributed by atoms with E-state index in [9.17, 15) is 14.0 Å². The summed E-state index contributed by atoms with van der Waals surface area (Å²) in [6, 6.07) is 9.17. The van der Waals surface area contributed by atoms with Crippen molar-refractivity contribution in [3.8, 4) is 5.82 Å². The standard InChI is InChI=1S/C22H24FN7O3/c23-17-5-4-15(13-18(17)28-20(31)6-8-29-9-11-33-12-10-29)27-22(32)16-14-26-30(21(16)24)19-3-1-2-7-25-19/h1-5,7,13-14H,6,8-12,24H2,(H,27,32)(H,28,31). The lowest BCUT2D eigenvalue weighted by Crippen LogP contribution is -2.38. The quantitative estimate of drug-likeness (QED) is 0.499. The van der Waals surface area contributed by atoms with Gasteiger partial charge in [0.1, 0.15) is 17.2 Å². The third kappa shape index (κ3) is 5.51. The summed E-state index contributed by atoms with van der Waals surface area (Å²) in [6.07, 6.45) is 3.14. The van der Waals surface area contributed by atoms with Crippen molar-refractivity contribution in [3.05, 3.63) is 60.2 Å². The number of aromatic nitrogens is 3. The van der Waals surface area contributed by atoms with E-state index in [1.165, 1.54) is 29.1 Å². The molecule has 4 N–H and O–H groups in total. The molecule has 2 amide bonds. The minimum absolute atomic E-state index is 0.0167. The molecular formula is C22H24FN7O3. The number of benzene rings is 1. The predicted molar refractivity (Wildman–Crippen MR) is 121 cm³/mol. The van der Waals surface area contributed by atoms with Crippen LogP contribution in [0.2, 0.25) is 0 Å². The van der Waals surface area contributed by atoms with E-state index in [-0.39, 0.29) is 29.4 Å². The monoisotopic (exact) mass is 453 g/mol. The van der Waals surface area contributed by atoms with Gasteiger partial charge in [0.25, 0.3) is 5.91 Å². The molecule has 0 spiro atoms. The molecule has 1 aromatic carbocycles. The summed E-state index contributed by atoms with van der Waals surface area (Å²) in [5.41, 5.74) is 6.50. The second kappa shape index (κ2) is 10.2. The number of ether oxygens (including phenoxy) is 1. The fraction of sp³-hybridized carbons (Fsp3) is 0.273. The topological polar surface area (TPSA) is 127 Å². The summed E-state index contributed by atoms with van der Waals surface area (Å²) in [5.74, 6) is -0.853. The van der Waals surface area contributed by atoms with Crippen molar-refractivity contribution >= 4 is 29.0 Å². The van der Waals surface area contributed by atoms with Crippen molar-refractivity contribution < 1.29 is 18.7 Å². The maximum absolute atomic E-state index is 14.2. The molecule has 3 heterocycles. The predicted octanol–water partition coefficient (Wildman–Crippen LogP) is 1.90. The van der Waals surface area contributed by atoms with Gasteiger partial charge in [-0.15, -0.1) is 0 Å². The summed E-state index contributed by atoms with van der Waals surface area (Å²) in [4.78, 5) is 31.3. The van der Waals surface area contributed by atoms with E-state index >= 15 is 0 Å². The van der Waals surface area contributed by atoms with Crippen LogP contribution in [-0.4, -0.2) is 64.3 Å². The Balaban J connectivity index is 1.40. The first-order chi connectivity index (χ1) is 16.0. The van der Waals surface area contributed by atoms with Gasteiger partial charge in [-0.05, 0) is 30.3 Å². The molecule has 1 aliphatic heterocycles. The zero-order valence-electron chi connectivity index (χ0n) is 17.8. The van der Waals surface area contributed by atoms with Crippen molar-refractivity contribution in [2.45, 2.75) is 6.42 Å². The molecule has 0 unspecified atom stereocenters. The van der Waals surface area contributed by atoms with Crippen LogP contribution in [0.15, 0.2) is 48.8 Å². The number of rotatable bonds is 7. The molecular weight excluding hydrogens is 429 g/mol. The number of amides is 2. The molecule has 2 aromatic heterocycles. The Hall–Kier alpha value is -3.83.